The van der Waals surface area contributed by atoms with Gasteiger partial charge >= 0.3 is 0 Å². The van der Waals surface area contributed by atoms with E-state index in [1.54, 1.807) is 55.5 Å². The van der Waals surface area contributed by atoms with Crippen molar-refractivity contribution < 1.29 is 23.1 Å². The van der Waals surface area contributed by atoms with Crippen molar-refractivity contribution in [1.82, 2.24) is 14.2 Å². The van der Waals surface area contributed by atoms with Gasteiger partial charge in [0.05, 0.1) is 13.2 Å². The van der Waals surface area contributed by atoms with Crippen molar-refractivity contribution in [1.29, 1.82) is 0 Å². The van der Waals surface area contributed by atoms with E-state index in [1.807, 2.05) is 6.92 Å². The molecular weight excluding hydrogens is 466 g/mol. The first-order chi connectivity index (χ1) is 16.7. The standard InChI is InChI=1S/C26H31N3O5S/c1-18-15-29(19(2)17-30)35(32,33)25-9-8-21(7-6-20-4-5-20)14-23(25)34-24(18)16-28(3)26(31)22-10-12-27-13-11-22/h8-14,18-20,24,30H,4-5,15-17H2,1-3H3/t18-,19+,24-/m1/s1. The van der Waals surface area contributed by atoms with E-state index in [-0.39, 0.29) is 42.2 Å². The van der Waals surface area contributed by atoms with Gasteiger partial charge in [0, 0.05) is 55.0 Å². The predicted molar refractivity (Wildman–Crippen MR) is 131 cm³/mol. The highest BCUT2D eigenvalue weighted by molar-refractivity contribution is 7.89. The maximum absolute atomic E-state index is 13.6. The van der Waals surface area contributed by atoms with E-state index in [0.29, 0.717) is 17.0 Å². The van der Waals surface area contributed by atoms with E-state index in [9.17, 15) is 18.3 Å². The quantitative estimate of drug-likeness (QED) is 0.637. The van der Waals surface area contributed by atoms with Crippen molar-refractivity contribution in [2.24, 2.45) is 11.8 Å². The molecule has 1 amide bonds. The summed E-state index contributed by atoms with van der Waals surface area (Å²) in [4.78, 5) is 18.5. The molecule has 0 saturated heterocycles. The van der Waals surface area contributed by atoms with Gasteiger partial charge in [-0.25, -0.2) is 8.42 Å². The normalized spacial score (nSPS) is 22.4. The number of nitrogens with zero attached hydrogens (tertiary/aromatic N) is 3. The van der Waals surface area contributed by atoms with Gasteiger partial charge in [0.25, 0.3) is 5.91 Å². The molecule has 1 saturated carbocycles. The Hall–Kier alpha value is -2.93. The molecule has 1 N–H and O–H groups in total. The number of ether oxygens (including phenoxy) is 1. The van der Waals surface area contributed by atoms with Crippen molar-refractivity contribution in [2.75, 3.05) is 26.7 Å². The summed E-state index contributed by atoms with van der Waals surface area (Å²) < 4.78 is 34.8. The minimum atomic E-state index is -3.92. The number of pyridine rings is 1. The summed E-state index contributed by atoms with van der Waals surface area (Å²) in [5.41, 5.74) is 1.19. The number of aliphatic hydroxyl groups is 1. The fourth-order valence-electron chi connectivity index (χ4n) is 4.00. The largest absolute Gasteiger partial charge is 0.487 e. The van der Waals surface area contributed by atoms with E-state index in [1.165, 1.54) is 10.4 Å². The number of likely N-dealkylation sites (N-methyl/N-ethyl adjacent to an activating group) is 1. The van der Waals surface area contributed by atoms with Crippen molar-refractivity contribution >= 4 is 15.9 Å². The molecule has 1 aromatic carbocycles. The summed E-state index contributed by atoms with van der Waals surface area (Å²) in [6, 6.07) is 7.57. The Morgan fingerprint density at radius 2 is 2.00 bits per heavy atom. The SMILES string of the molecule is C[C@@H]1CN([C@@H](C)CO)S(=O)(=O)c2ccc(C#CC3CC3)cc2O[C@@H]1CN(C)C(=O)c1ccncc1. The lowest BCUT2D eigenvalue weighted by molar-refractivity contribution is 0.0563. The molecule has 3 atom stereocenters. The first-order valence-corrected chi connectivity index (χ1v) is 13.2. The lowest BCUT2D eigenvalue weighted by Crippen LogP contribution is -2.50. The third-order valence-corrected chi connectivity index (χ3v) is 8.41. The second-order valence-electron chi connectivity index (χ2n) is 9.37. The average Bonchev–Trinajstić information content (AvgIpc) is 3.69. The van der Waals surface area contributed by atoms with Crippen LogP contribution in [0.1, 0.15) is 42.6 Å². The van der Waals surface area contributed by atoms with Crippen LogP contribution in [0.4, 0.5) is 0 Å². The summed E-state index contributed by atoms with van der Waals surface area (Å²) in [5.74, 6) is 6.49. The van der Waals surface area contributed by atoms with Crippen LogP contribution >= 0.6 is 0 Å². The number of carbonyl (C=O) groups is 1. The van der Waals surface area contributed by atoms with Crippen molar-refractivity contribution in [3.63, 3.8) is 0 Å². The summed E-state index contributed by atoms with van der Waals surface area (Å²) >= 11 is 0. The zero-order valence-electron chi connectivity index (χ0n) is 20.2. The van der Waals surface area contributed by atoms with Crippen LogP contribution in [0.25, 0.3) is 0 Å². The van der Waals surface area contributed by atoms with Crippen LogP contribution in [0.2, 0.25) is 0 Å². The fraction of sp³-hybridized carbons (Fsp3) is 0.462. The molecule has 1 aromatic heterocycles. The first kappa shape index (κ1) is 25.2. The van der Waals surface area contributed by atoms with E-state index >= 15 is 0 Å². The highest BCUT2D eigenvalue weighted by atomic mass is 32.2. The highest BCUT2D eigenvalue weighted by Gasteiger charge is 2.38. The van der Waals surface area contributed by atoms with Gasteiger partial charge in [0.1, 0.15) is 16.7 Å². The molecule has 186 valence electrons. The molecule has 1 aliphatic heterocycles. The van der Waals surface area contributed by atoms with Crippen molar-refractivity contribution in [3.8, 4) is 17.6 Å². The molecule has 9 heteroatoms. The van der Waals surface area contributed by atoms with E-state index < -0.39 is 22.2 Å². The van der Waals surface area contributed by atoms with Crippen LogP contribution in [-0.4, -0.2) is 72.5 Å². The van der Waals surface area contributed by atoms with Gasteiger partial charge < -0.3 is 14.7 Å². The molecule has 1 aliphatic carbocycles. The lowest BCUT2D eigenvalue weighted by atomic mass is 10.0. The number of carbonyl (C=O) groups excluding carboxylic acids is 1. The zero-order valence-corrected chi connectivity index (χ0v) is 21.0. The number of benzene rings is 1. The Bertz CT molecular complexity index is 1230. The number of hydrogen-bond donors (Lipinski definition) is 1. The van der Waals surface area contributed by atoms with Gasteiger partial charge in [-0.05, 0) is 50.1 Å². The van der Waals surface area contributed by atoms with Gasteiger partial charge in [-0.15, -0.1) is 0 Å². The molecule has 8 nitrogen and oxygen atoms in total. The summed E-state index contributed by atoms with van der Waals surface area (Å²) in [6.07, 6.45) is 4.83. The maximum Gasteiger partial charge on any atom is 0.253 e. The Morgan fingerprint density at radius 3 is 2.66 bits per heavy atom. The summed E-state index contributed by atoms with van der Waals surface area (Å²) in [7, 11) is -2.23. The molecule has 2 aliphatic rings. The molecule has 0 unspecified atom stereocenters. The Morgan fingerprint density at radius 1 is 1.29 bits per heavy atom. The third kappa shape index (κ3) is 5.67. The Balaban J connectivity index is 1.69. The molecule has 1 fully saturated rings. The fourth-order valence-corrected chi connectivity index (χ4v) is 5.83. The monoisotopic (exact) mass is 497 g/mol. The smallest absolute Gasteiger partial charge is 0.253 e. The second-order valence-corrected chi connectivity index (χ2v) is 11.2. The zero-order chi connectivity index (χ0) is 25.2. The van der Waals surface area contributed by atoms with Crippen LogP contribution in [0.15, 0.2) is 47.6 Å². The highest BCUT2D eigenvalue weighted by Crippen LogP contribution is 2.34. The van der Waals surface area contributed by atoms with Crippen LogP contribution in [-0.2, 0) is 10.0 Å². The number of hydrogen-bond acceptors (Lipinski definition) is 6. The molecule has 4 rings (SSSR count). The molecule has 0 bridgehead atoms. The van der Waals surface area contributed by atoms with E-state index in [2.05, 4.69) is 16.8 Å². The van der Waals surface area contributed by atoms with Gasteiger partial charge in [-0.2, -0.15) is 4.31 Å². The Labute approximate surface area is 207 Å². The minimum absolute atomic E-state index is 0.0368. The molecule has 2 heterocycles. The predicted octanol–water partition coefficient (Wildman–Crippen LogP) is 2.38. The topological polar surface area (TPSA) is 100 Å². The third-order valence-electron chi connectivity index (χ3n) is 6.39. The number of amides is 1. The van der Waals surface area contributed by atoms with Gasteiger partial charge in [0.15, 0.2) is 0 Å². The second kappa shape index (κ2) is 10.4. The van der Waals surface area contributed by atoms with Crippen LogP contribution < -0.4 is 4.74 Å². The maximum atomic E-state index is 13.6. The van der Waals surface area contributed by atoms with Crippen LogP contribution in [0.3, 0.4) is 0 Å². The molecule has 0 spiro atoms. The van der Waals surface area contributed by atoms with Crippen LogP contribution in [0.5, 0.6) is 5.75 Å². The summed E-state index contributed by atoms with van der Waals surface area (Å²) in [5, 5.41) is 9.78. The van der Waals surface area contributed by atoms with E-state index in [0.717, 1.165) is 12.8 Å². The van der Waals surface area contributed by atoms with Gasteiger partial charge in [0.2, 0.25) is 10.0 Å². The van der Waals surface area contributed by atoms with Crippen LogP contribution in [0, 0.1) is 23.7 Å². The lowest BCUT2D eigenvalue weighted by Gasteiger charge is -2.37. The molecular formula is C26H31N3O5S. The minimum Gasteiger partial charge on any atom is -0.487 e. The number of sulfonamides is 1. The number of rotatable bonds is 5. The van der Waals surface area contributed by atoms with Crippen molar-refractivity contribution in [2.45, 2.75) is 43.7 Å². The molecule has 0 radical (unpaired) electrons. The summed E-state index contributed by atoms with van der Waals surface area (Å²) in [6.45, 7) is 3.66. The average molecular weight is 498 g/mol. The first-order valence-electron chi connectivity index (χ1n) is 11.8. The Kier molecular flexibility index (Phi) is 7.45. The van der Waals surface area contributed by atoms with E-state index in [4.69, 9.17) is 4.74 Å². The molecule has 2 aromatic rings. The van der Waals surface area contributed by atoms with Gasteiger partial charge in [-0.1, -0.05) is 18.8 Å². The number of fused-ring (bicyclic) bond motifs is 1. The van der Waals surface area contributed by atoms with Gasteiger partial charge in [-0.3, -0.25) is 9.78 Å². The van der Waals surface area contributed by atoms with Crippen molar-refractivity contribution in [3.05, 3.63) is 53.9 Å². The number of aromatic nitrogens is 1. The number of aliphatic hydroxyl groups excluding tert-OH is 1. The molecule has 35 heavy (non-hydrogen) atoms.